The van der Waals surface area contributed by atoms with Gasteiger partial charge in [0.2, 0.25) is 0 Å². The van der Waals surface area contributed by atoms with Crippen molar-refractivity contribution in [3.05, 3.63) is 40.7 Å². The number of benzene rings is 1. The number of nitro groups is 1. The summed E-state index contributed by atoms with van der Waals surface area (Å²) in [5.41, 5.74) is 1.19. The molecule has 3 rings (SSSR count). The summed E-state index contributed by atoms with van der Waals surface area (Å²) in [5.74, 6) is 1.08. The van der Waals surface area contributed by atoms with Crippen LogP contribution in [-0.4, -0.2) is 33.5 Å². The van der Waals surface area contributed by atoms with Crippen molar-refractivity contribution < 1.29 is 4.92 Å². The number of pyridine rings is 1. The SMILES string of the molecule is C[C@H]1SCCN(c2ccc([N+](=O)[O-])c3cnccc23)[C@H]1C. The van der Waals surface area contributed by atoms with Crippen LogP contribution >= 0.6 is 11.8 Å². The summed E-state index contributed by atoms with van der Waals surface area (Å²) < 4.78 is 0. The van der Waals surface area contributed by atoms with E-state index in [4.69, 9.17) is 0 Å². The third-order valence-corrected chi connectivity index (χ3v) is 5.50. The molecular weight excluding hydrogens is 286 g/mol. The van der Waals surface area contributed by atoms with Gasteiger partial charge in [0.1, 0.15) is 0 Å². The van der Waals surface area contributed by atoms with E-state index in [0.29, 0.717) is 16.7 Å². The van der Waals surface area contributed by atoms with Crippen LogP contribution < -0.4 is 4.90 Å². The van der Waals surface area contributed by atoms with Crippen LogP contribution in [0.3, 0.4) is 0 Å². The molecule has 2 heterocycles. The van der Waals surface area contributed by atoms with Crippen molar-refractivity contribution in [2.75, 3.05) is 17.2 Å². The molecule has 0 saturated carbocycles. The lowest BCUT2D eigenvalue weighted by molar-refractivity contribution is -0.383. The Morgan fingerprint density at radius 3 is 2.90 bits per heavy atom. The number of anilines is 1. The van der Waals surface area contributed by atoms with E-state index in [1.165, 1.54) is 0 Å². The minimum atomic E-state index is -0.341. The number of nitro benzene ring substituents is 1. The average molecular weight is 303 g/mol. The minimum Gasteiger partial charge on any atom is -0.366 e. The second-order valence-electron chi connectivity index (χ2n) is 5.29. The first-order valence-corrected chi connectivity index (χ1v) is 8.04. The number of non-ortho nitro benzene ring substituents is 1. The van der Waals surface area contributed by atoms with Gasteiger partial charge in [-0.3, -0.25) is 15.1 Å². The first-order valence-electron chi connectivity index (χ1n) is 6.99. The van der Waals surface area contributed by atoms with Gasteiger partial charge in [0, 0.05) is 53.1 Å². The molecule has 1 aliphatic heterocycles. The Labute approximate surface area is 127 Å². The topological polar surface area (TPSA) is 59.3 Å². The van der Waals surface area contributed by atoms with E-state index >= 15 is 0 Å². The molecule has 1 aromatic heterocycles. The van der Waals surface area contributed by atoms with Gasteiger partial charge in [-0.1, -0.05) is 6.92 Å². The zero-order chi connectivity index (χ0) is 15.0. The minimum absolute atomic E-state index is 0.119. The molecule has 1 saturated heterocycles. The van der Waals surface area contributed by atoms with Crippen molar-refractivity contribution in [1.82, 2.24) is 4.98 Å². The van der Waals surface area contributed by atoms with Crippen molar-refractivity contribution in [3.63, 3.8) is 0 Å². The zero-order valence-corrected chi connectivity index (χ0v) is 12.8. The molecule has 2 aromatic rings. The number of nitrogens with zero attached hydrogens (tertiary/aromatic N) is 3. The molecule has 2 atom stereocenters. The molecule has 0 amide bonds. The third-order valence-electron chi connectivity index (χ3n) is 4.16. The number of hydrogen-bond acceptors (Lipinski definition) is 5. The Morgan fingerprint density at radius 1 is 1.33 bits per heavy atom. The lowest BCUT2D eigenvalue weighted by atomic mass is 10.1. The van der Waals surface area contributed by atoms with E-state index < -0.39 is 0 Å². The van der Waals surface area contributed by atoms with Crippen molar-refractivity contribution in [3.8, 4) is 0 Å². The van der Waals surface area contributed by atoms with Crippen LogP contribution in [0.5, 0.6) is 0 Å². The quantitative estimate of drug-likeness (QED) is 0.628. The van der Waals surface area contributed by atoms with E-state index in [1.807, 2.05) is 23.9 Å². The van der Waals surface area contributed by atoms with E-state index in [0.717, 1.165) is 23.4 Å². The van der Waals surface area contributed by atoms with E-state index in [2.05, 4.69) is 23.7 Å². The molecule has 6 heteroatoms. The highest BCUT2D eigenvalue weighted by Gasteiger charge is 2.27. The Hall–Kier alpha value is -1.82. The van der Waals surface area contributed by atoms with Crippen LogP contribution in [0.1, 0.15) is 13.8 Å². The number of thioether (sulfide) groups is 1. The summed E-state index contributed by atoms with van der Waals surface area (Å²) in [6.07, 6.45) is 3.28. The van der Waals surface area contributed by atoms with Gasteiger partial charge in [0.15, 0.2) is 0 Å². The normalized spacial score (nSPS) is 22.5. The molecule has 1 aromatic carbocycles. The molecule has 21 heavy (non-hydrogen) atoms. The first-order chi connectivity index (χ1) is 10.1. The largest absolute Gasteiger partial charge is 0.366 e. The number of fused-ring (bicyclic) bond motifs is 1. The van der Waals surface area contributed by atoms with Crippen LogP contribution in [0.4, 0.5) is 11.4 Å². The Balaban J connectivity index is 2.16. The van der Waals surface area contributed by atoms with Crippen LogP contribution in [0, 0.1) is 10.1 Å². The highest BCUT2D eigenvalue weighted by Crippen LogP contribution is 2.36. The van der Waals surface area contributed by atoms with E-state index in [-0.39, 0.29) is 10.6 Å². The zero-order valence-electron chi connectivity index (χ0n) is 12.0. The summed E-state index contributed by atoms with van der Waals surface area (Å²) in [6, 6.07) is 5.75. The molecule has 0 unspecified atom stereocenters. The standard InChI is InChI=1S/C15H17N3O2S/c1-10-11(2)21-8-7-17(10)14-3-4-15(18(19)20)13-9-16-6-5-12(13)14/h3-6,9-11H,7-8H2,1-2H3/t10-,11+/m0/s1. The van der Waals surface area contributed by atoms with Crippen molar-refractivity contribution in [1.29, 1.82) is 0 Å². The molecule has 5 nitrogen and oxygen atoms in total. The maximum absolute atomic E-state index is 11.2. The van der Waals surface area contributed by atoms with E-state index in [9.17, 15) is 10.1 Å². The predicted molar refractivity (Wildman–Crippen MR) is 87.1 cm³/mol. The van der Waals surface area contributed by atoms with Gasteiger partial charge in [-0.15, -0.1) is 0 Å². The van der Waals surface area contributed by atoms with Crippen LogP contribution in [0.2, 0.25) is 0 Å². The van der Waals surface area contributed by atoms with Crippen LogP contribution in [0.25, 0.3) is 10.8 Å². The average Bonchev–Trinajstić information content (AvgIpc) is 2.49. The van der Waals surface area contributed by atoms with Gasteiger partial charge in [-0.2, -0.15) is 11.8 Å². The summed E-state index contributed by atoms with van der Waals surface area (Å²) in [5, 5.41) is 13.2. The Bertz CT molecular complexity index is 692. The molecule has 0 aliphatic carbocycles. The van der Waals surface area contributed by atoms with Gasteiger partial charge in [-0.25, -0.2) is 0 Å². The molecular formula is C15H17N3O2S. The predicted octanol–water partition coefficient (Wildman–Crippen LogP) is 3.47. The fourth-order valence-electron chi connectivity index (χ4n) is 2.84. The van der Waals surface area contributed by atoms with Crippen molar-refractivity contribution in [2.24, 2.45) is 0 Å². The molecule has 0 spiro atoms. The number of hydrogen-bond donors (Lipinski definition) is 0. The van der Waals surface area contributed by atoms with Gasteiger partial charge in [-0.05, 0) is 19.1 Å². The van der Waals surface area contributed by atoms with Crippen molar-refractivity contribution >= 4 is 33.9 Å². The molecule has 0 N–H and O–H groups in total. The van der Waals surface area contributed by atoms with Crippen molar-refractivity contribution in [2.45, 2.75) is 25.1 Å². The Morgan fingerprint density at radius 2 is 2.14 bits per heavy atom. The third kappa shape index (κ3) is 2.44. The van der Waals surface area contributed by atoms with Gasteiger partial charge < -0.3 is 4.90 Å². The smallest absolute Gasteiger partial charge is 0.278 e. The molecule has 110 valence electrons. The lowest BCUT2D eigenvalue weighted by Crippen LogP contribution is -2.44. The maximum atomic E-state index is 11.2. The summed E-state index contributed by atoms with van der Waals surface area (Å²) in [4.78, 5) is 17.2. The van der Waals surface area contributed by atoms with Gasteiger partial charge in [0.25, 0.3) is 5.69 Å². The number of rotatable bonds is 2. The lowest BCUT2D eigenvalue weighted by Gasteiger charge is -2.39. The molecule has 0 bridgehead atoms. The number of aromatic nitrogens is 1. The second kappa shape index (κ2) is 5.52. The molecule has 1 aliphatic rings. The molecule has 0 radical (unpaired) electrons. The van der Waals surface area contributed by atoms with E-state index in [1.54, 1.807) is 18.5 Å². The maximum Gasteiger partial charge on any atom is 0.278 e. The van der Waals surface area contributed by atoms with Gasteiger partial charge in [0.05, 0.1) is 10.3 Å². The summed E-state index contributed by atoms with van der Waals surface area (Å²) in [6.45, 7) is 5.41. The molecule has 1 fully saturated rings. The fourth-order valence-corrected chi connectivity index (χ4v) is 3.94. The highest BCUT2D eigenvalue weighted by atomic mass is 32.2. The fraction of sp³-hybridized carbons (Fsp3) is 0.400. The van der Waals surface area contributed by atoms with Crippen LogP contribution in [-0.2, 0) is 0 Å². The summed E-state index contributed by atoms with van der Waals surface area (Å²) in [7, 11) is 0. The Kier molecular flexibility index (Phi) is 3.71. The van der Waals surface area contributed by atoms with Crippen LogP contribution in [0.15, 0.2) is 30.6 Å². The van der Waals surface area contributed by atoms with Gasteiger partial charge >= 0.3 is 0 Å². The first kappa shape index (κ1) is 14.1. The second-order valence-corrected chi connectivity index (χ2v) is 6.78. The summed E-state index contributed by atoms with van der Waals surface area (Å²) >= 11 is 1.98. The monoisotopic (exact) mass is 303 g/mol. The highest BCUT2D eigenvalue weighted by molar-refractivity contribution is 8.00.